The summed E-state index contributed by atoms with van der Waals surface area (Å²) in [5, 5.41) is 2.47. The Balaban J connectivity index is 2.15. The minimum absolute atomic E-state index is 0.0719. The van der Waals surface area contributed by atoms with Crippen LogP contribution in [0, 0.1) is 0 Å². The molecule has 0 heterocycles. The average molecular weight is 233 g/mol. The van der Waals surface area contributed by atoms with Crippen LogP contribution in [0.5, 0.6) is 0 Å². The first-order valence-electron chi connectivity index (χ1n) is 6.14. The molecule has 18 heavy (non-hydrogen) atoms. The quantitative estimate of drug-likeness (QED) is 0.714. The molecule has 0 aromatic heterocycles. The third-order valence-corrected chi connectivity index (χ3v) is 3.32. The van der Waals surface area contributed by atoms with E-state index in [9.17, 15) is 0 Å². The van der Waals surface area contributed by atoms with Gasteiger partial charge in [-0.25, -0.2) is 0 Å². The van der Waals surface area contributed by atoms with Crippen molar-refractivity contribution in [2.24, 2.45) is 5.73 Å². The van der Waals surface area contributed by atoms with Crippen LogP contribution in [0.2, 0.25) is 0 Å². The summed E-state index contributed by atoms with van der Waals surface area (Å²) in [4.78, 5) is 0. The van der Waals surface area contributed by atoms with E-state index in [0.717, 1.165) is 5.56 Å². The Hall–Kier alpha value is -2.12. The molecule has 1 nitrogen and oxygen atoms in total. The highest BCUT2D eigenvalue weighted by Gasteiger charge is 2.10. The van der Waals surface area contributed by atoms with Gasteiger partial charge < -0.3 is 5.73 Å². The summed E-state index contributed by atoms with van der Waals surface area (Å²) in [6.45, 7) is 0. The van der Waals surface area contributed by atoms with Gasteiger partial charge in [0, 0.05) is 0 Å². The molecule has 0 spiro atoms. The summed E-state index contributed by atoms with van der Waals surface area (Å²) in [5.74, 6) is 0. The van der Waals surface area contributed by atoms with Gasteiger partial charge in [0.1, 0.15) is 0 Å². The lowest BCUT2D eigenvalue weighted by Gasteiger charge is -2.15. The van der Waals surface area contributed by atoms with Crippen molar-refractivity contribution < 1.29 is 0 Å². The van der Waals surface area contributed by atoms with E-state index < -0.39 is 0 Å². The lowest BCUT2D eigenvalue weighted by atomic mass is 9.94. The van der Waals surface area contributed by atoms with Crippen LogP contribution in [-0.4, -0.2) is 0 Å². The van der Waals surface area contributed by atoms with Crippen LogP contribution >= 0.6 is 0 Å². The van der Waals surface area contributed by atoms with Crippen LogP contribution in [0.15, 0.2) is 72.8 Å². The average Bonchev–Trinajstić information content (AvgIpc) is 2.47. The predicted molar refractivity (Wildman–Crippen MR) is 76.4 cm³/mol. The van der Waals surface area contributed by atoms with Gasteiger partial charge in [0.05, 0.1) is 6.04 Å². The molecule has 3 rings (SSSR count). The predicted octanol–water partition coefficient (Wildman–Crippen LogP) is 3.89. The number of hydrogen-bond acceptors (Lipinski definition) is 1. The topological polar surface area (TPSA) is 26.0 Å². The molecule has 1 heteroatoms. The largest absolute Gasteiger partial charge is 0.320 e. The molecule has 0 amide bonds. The van der Waals surface area contributed by atoms with Gasteiger partial charge >= 0.3 is 0 Å². The Bertz CT molecular complexity index is 653. The second-order valence-electron chi connectivity index (χ2n) is 4.46. The molecular weight excluding hydrogens is 218 g/mol. The number of hydrogen-bond donors (Lipinski definition) is 1. The molecule has 0 aliphatic carbocycles. The normalized spacial score (nSPS) is 12.5. The van der Waals surface area contributed by atoms with Crippen LogP contribution in [0.1, 0.15) is 17.2 Å². The van der Waals surface area contributed by atoms with Crippen LogP contribution in [0.25, 0.3) is 10.8 Å². The second-order valence-corrected chi connectivity index (χ2v) is 4.46. The molecule has 0 bridgehead atoms. The van der Waals surface area contributed by atoms with Crippen molar-refractivity contribution in [2.75, 3.05) is 0 Å². The summed E-state index contributed by atoms with van der Waals surface area (Å²) in [6.07, 6.45) is 0. The van der Waals surface area contributed by atoms with E-state index in [-0.39, 0.29) is 6.04 Å². The fourth-order valence-electron chi connectivity index (χ4n) is 2.36. The van der Waals surface area contributed by atoms with Crippen LogP contribution in [0.3, 0.4) is 0 Å². The third kappa shape index (κ3) is 1.89. The molecule has 1 atom stereocenters. The molecular formula is C17H15N. The van der Waals surface area contributed by atoms with Gasteiger partial charge in [-0.3, -0.25) is 0 Å². The van der Waals surface area contributed by atoms with Crippen LogP contribution < -0.4 is 5.73 Å². The number of rotatable bonds is 2. The Morgan fingerprint density at radius 1 is 0.667 bits per heavy atom. The zero-order valence-corrected chi connectivity index (χ0v) is 10.1. The molecule has 0 aliphatic heterocycles. The lowest BCUT2D eigenvalue weighted by molar-refractivity contribution is 0.881. The van der Waals surface area contributed by atoms with Crippen LogP contribution in [-0.2, 0) is 0 Å². The Morgan fingerprint density at radius 3 is 2.17 bits per heavy atom. The molecule has 2 N–H and O–H groups in total. The van der Waals surface area contributed by atoms with E-state index in [1.165, 1.54) is 16.3 Å². The SMILES string of the molecule is N[C@@H](c1ccccc1)c1cccc2ccccc12. The Morgan fingerprint density at radius 2 is 1.33 bits per heavy atom. The first-order valence-corrected chi connectivity index (χ1v) is 6.14. The Kier molecular flexibility index (Phi) is 2.83. The number of nitrogens with two attached hydrogens (primary N) is 1. The number of benzene rings is 3. The van der Waals surface area contributed by atoms with Crippen molar-refractivity contribution in [1.29, 1.82) is 0 Å². The van der Waals surface area contributed by atoms with Crippen molar-refractivity contribution in [3.8, 4) is 0 Å². The van der Waals surface area contributed by atoms with Crippen LogP contribution in [0.4, 0.5) is 0 Å². The first-order chi connectivity index (χ1) is 8.86. The van der Waals surface area contributed by atoms with Crippen molar-refractivity contribution in [3.63, 3.8) is 0 Å². The van der Waals surface area contributed by atoms with Crippen molar-refractivity contribution in [3.05, 3.63) is 83.9 Å². The maximum atomic E-state index is 6.38. The van der Waals surface area contributed by atoms with E-state index >= 15 is 0 Å². The fraction of sp³-hybridized carbons (Fsp3) is 0.0588. The minimum atomic E-state index is -0.0719. The molecule has 0 radical (unpaired) electrons. The molecule has 0 saturated carbocycles. The van der Waals surface area contributed by atoms with Gasteiger partial charge in [0.2, 0.25) is 0 Å². The lowest BCUT2D eigenvalue weighted by Crippen LogP contribution is -2.11. The van der Waals surface area contributed by atoms with E-state index in [1.807, 2.05) is 18.2 Å². The first kappa shape index (κ1) is 11.0. The summed E-state index contributed by atoms with van der Waals surface area (Å²) >= 11 is 0. The van der Waals surface area contributed by atoms with Gasteiger partial charge in [0.15, 0.2) is 0 Å². The molecule has 3 aromatic carbocycles. The van der Waals surface area contributed by atoms with Gasteiger partial charge in [-0.15, -0.1) is 0 Å². The van der Waals surface area contributed by atoms with Gasteiger partial charge in [-0.2, -0.15) is 0 Å². The van der Waals surface area contributed by atoms with Gasteiger partial charge in [-0.05, 0) is 21.9 Å². The molecule has 88 valence electrons. The molecule has 0 aliphatic rings. The highest BCUT2D eigenvalue weighted by atomic mass is 14.6. The summed E-state index contributed by atoms with van der Waals surface area (Å²) in [7, 11) is 0. The Labute approximate surface area is 107 Å². The van der Waals surface area contributed by atoms with E-state index in [4.69, 9.17) is 5.73 Å². The smallest absolute Gasteiger partial charge is 0.0557 e. The van der Waals surface area contributed by atoms with E-state index in [0.29, 0.717) is 0 Å². The van der Waals surface area contributed by atoms with Gasteiger partial charge in [-0.1, -0.05) is 72.8 Å². The summed E-state index contributed by atoms with van der Waals surface area (Å²) in [5.41, 5.74) is 8.71. The van der Waals surface area contributed by atoms with E-state index in [1.54, 1.807) is 0 Å². The maximum absolute atomic E-state index is 6.38. The zero-order chi connectivity index (χ0) is 12.4. The minimum Gasteiger partial charge on any atom is -0.320 e. The summed E-state index contributed by atoms with van der Waals surface area (Å²) < 4.78 is 0. The maximum Gasteiger partial charge on any atom is 0.0557 e. The molecule has 0 fully saturated rings. The third-order valence-electron chi connectivity index (χ3n) is 3.32. The standard InChI is InChI=1S/C17H15N/c18-17(14-8-2-1-3-9-14)16-12-6-10-13-7-4-5-11-15(13)16/h1-12,17H,18H2/t17-/m0/s1. The van der Waals surface area contributed by atoms with E-state index in [2.05, 4.69) is 54.6 Å². The van der Waals surface area contributed by atoms with Crippen molar-refractivity contribution in [1.82, 2.24) is 0 Å². The fourth-order valence-corrected chi connectivity index (χ4v) is 2.36. The molecule has 0 unspecified atom stereocenters. The summed E-state index contributed by atoms with van der Waals surface area (Å²) in [6, 6.07) is 24.8. The zero-order valence-electron chi connectivity index (χ0n) is 10.1. The number of fused-ring (bicyclic) bond motifs is 1. The second kappa shape index (κ2) is 4.63. The molecule has 0 saturated heterocycles. The van der Waals surface area contributed by atoms with Crippen molar-refractivity contribution in [2.45, 2.75) is 6.04 Å². The highest BCUT2D eigenvalue weighted by molar-refractivity contribution is 5.86. The highest BCUT2D eigenvalue weighted by Crippen LogP contribution is 2.26. The molecule has 3 aromatic rings. The monoisotopic (exact) mass is 233 g/mol. The van der Waals surface area contributed by atoms with Crippen molar-refractivity contribution >= 4 is 10.8 Å². The van der Waals surface area contributed by atoms with Gasteiger partial charge in [0.25, 0.3) is 0 Å².